The van der Waals surface area contributed by atoms with Crippen LogP contribution in [0.15, 0.2) is 48.9 Å². The molecule has 1 fully saturated rings. The van der Waals surface area contributed by atoms with Crippen molar-refractivity contribution in [3.8, 4) is 0 Å². The van der Waals surface area contributed by atoms with Gasteiger partial charge in [0.05, 0.1) is 24.4 Å². The van der Waals surface area contributed by atoms with Gasteiger partial charge in [-0.15, -0.1) is 0 Å². The predicted molar refractivity (Wildman–Crippen MR) is 200 cm³/mol. The van der Waals surface area contributed by atoms with Gasteiger partial charge in [0.15, 0.2) is 0 Å². The highest BCUT2D eigenvalue weighted by molar-refractivity contribution is 6.38. The molecule has 1 aliphatic rings. The number of amides is 5. The van der Waals surface area contributed by atoms with Crippen LogP contribution in [0.1, 0.15) is 95.7 Å². The molecular weight excluding hydrogens is 694 g/mol. The molecule has 5 N–H and O–H groups in total. The van der Waals surface area contributed by atoms with E-state index in [2.05, 4.69) is 36.6 Å². The molecule has 0 aliphatic heterocycles. The molecule has 54 heavy (non-hydrogen) atoms. The number of nitrogens with zero attached hydrogens (tertiary/aromatic N) is 2. The van der Waals surface area contributed by atoms with Crippen molar-refractivity contribution in [3.63, 3.8) is 0 Å². The van der Waals surface area contributed by atoms with Gasteiger partial charge in [0.2, 0.25) is 23.5 Å². The van der Waals surface area contributed by atoms with Gasteiger partial charge in [0.1, 0.15) is 24.6 Å². The Hall–Kier alpha value is -4.76. The van der Waals surface area contributed by atoms with Crippen LogP contribution < -0.4 is 26.6 Å². The highest BCUT2D eigenvalue weighted by atomic mass is 16.7. The van der Waals surface area contributed by atoms with Crippen molar-refractivity contribution in [3.05, 3.63) is 60.2 Å². The van der Waals surface area contributed by atoms with E-state index in [0.717, 1.165) is 5.56 Å². The summed E-state index contributed by atoms with van der Waals surface area (Å²) in [6.07, 6.45) is 5.95. The van der Waals surface area contributed by atoms with Crippen LogP contribution in [-0.4, -0.2) is 90.0 Å². The van der Waals surface area contributed by atoms with Crippen LogP contribution in [0.4, 0.5) is 0 Å². The summed E-state index contributed by atoms with van der Waals surface area (Å²) in [5.74, 6) is -4.47. The molecule has 1 aromatic carbocycles. The Bertz CT molecular complexity index is 1540. The third-order valence-corrected chi connectivity index (χ3v) is 9.64. The predicted octanol–water partition coefficient (Wildman–Crippen LogP) is 2.62. The van der Waals surface area contributed by atoms with Gasteiger partial charge in [-0.05, 0) is 49.5 Å². The number of ether oxygens (including phenoxy) is 2. The third kappa shape index (κ3) is 13.0. The van der Waals surface area contributed by atoms with Gasteiger partial charge >= 0.3 is 0 Å². The first kappa shape index (κ1) is 43.6. The van der Waals surface area contributed by atoms with Crippen LogP contribution in [-0.2, 0) is 33.4 Å². The zero-order chi connectivity index (χ0) is 39.8. The molecule has 3 rings (SSSR count). The van der Waals surface area contributed by atoms with E-state index in [1.807, 2.05) is 37.3 Å². The van der Waals surface area contributed by atoms with Gasteiger partial charge in [-0.3, -0.25) is 33.8 Å². The number of Topliss-reactive ketones (excluding diaryl/α,β-unsaturated/α-hetero) is 1. The Labute approximate surface area is 317 Å². The first-order valence-corrected chi connectivity index (χ1v) is 18.7. The molecule has 1 aliphatic carbocycles. The third-order valence-electron chi connectivity index (χ3n) is 9.64. The SMILES string of the molecule is CCCC(NC(=O)C[C@H]1CC[C@@H](OCOC)[C@H]1CNC(=O)[C@@H](NC(=O)[C@H](NC(=O)c1cnccn1)C(C)C)C(C)C)C(=O)C(=O)N[C@H](C)c1ccccc1. The van der Waals surface area contributed by atoms with Gasteiger partial charge in [0.25, 0.3) is 11.8 Å². The van der Waals surface area contributed by atoms with Crippen molar-refractivity contribution in [1.29, 1.82) is 0 Å². The Morgan fingerprint density at radius 1 is 0.852 bits per heavy atom. The van der Waals surface area contributed by atoms with Crippen molar-refractivity contribution >= 4 is 35.3 Å². The number of methoxy groups -OCH3 is 1. The lowest BCUT2D eigenvalue weighted by atomic mass is 9.90. The number of benzene rings is 1. The zero-order valence-electron chi connectivity index (χ0n) is 32.4. The molecule has 1 heterocycles. The highest BCUT2D eigenvalue weighted by Gasteiger charge is 2.40. The summed E-state index contributed by atoms with van der Waals surface area (Å²) in [5, 5.41) is 14.0. The number of carbonyl (C=O) groups is 6. The second kappa shape index (κ2) is 21.8. The van der Waals surface area contributed by atoms with Gasteiger partial charge in [0, 0.05) is 38.4 Å². The van der Waals surface area contributed by atoms with Gasteiger partial charge in [-0.1, -0.05) is 71.4 Å². The first-order chi connectivity index (χ1) is 25.8. The molecule has 0 bridgehead atoms. The lowest BCUT2D eigenvalue weighted by Gasteiger charge is -2.29. The fourth-order valence-corrected chi connectivity index (χ4v) is 6.60. The largest absolute Gasteiger partial charge is 0.359 e. The van der Waals surface area contributed by atoms with Crippen LogP contribution in [0.5, 0.6) is 0 Å². The van der Waals surface area contributed by atoms with E-state index >= 15 is 0 Å². The molecule has 15 heteroatoms. The van der Waals surface area contributed by atoms with E-state index < -0.39 is 53.6 Å². The summed E-state index contributed by atoms with van der Waals surface area (Å²) >= 11 is 0. The highest BCUT2D eigenvalue weighted by Crippen LogP contribution is 2.36. The summed E-state index contributed by atoms with van der Waals surface area (Å²) in [7, 11) is 1.51. The first-order valence-electron chi connectivity index (χ1n) is 18.7. The molecule has 7 atom stereocenters. The maximum Gasteiger partial charge on any atom is 0.290 e. The van der Waals surface area contributed by atoms with Crippen molar-refractivity contribution in [2.45, 2.75) is 104 Å². The maximum absolute atomic E-state index is 13.6. The number of nitrogens with one attached hydrogen (secondary N) is 5. The molecule has 2 aromatic rings. The fourth-order valence-electron chi connectivity index (χ4n) is 6.60. The summed E-state index contributed by atoms with van der Waals surface area (Å²) in [6, 6.07) is 6.03. The standard InChI is InChI=1S/C39H57N7O8/c1-8-12-29(35(48)39(52)43-25(6)26-13-10-9-11-14-26)44-32(47)19-27-15-16-31(54-22-53-7)28(27)20-42-37(50)33(23(2)3)46-38(51)34(24(4)5)45-36(49)30-21-40-17-18-41-30/h9-11,13-14,17-18,21,23-25,27-29,31,33-34H,8,12,15-16,19-20,22H2,1-7H3,(H,42,50)(H,43,52)(H,44,47)(H,45,49)(H,46,51)/t25-,27-,28+,29?,31-,33+,34-/m1/s1. The molecule has 1 aromatic heterocycles. The Kier molecular flexibility index (Phi) is 17.6. The smallest absolute Gasteiger partial charge is 0.290 e. The summed E-state index contributed by atoms with van der Waals surface area (Å²) in [6.45, 7) is 11.0. The lowest BCUT2D eigenvalue weighted by molar-refractivity contribution is -0.140. The second-order valence-corrected chi connectivity index (χ2v) is 14.5. The number of ketones is 1. The summed E-state index contributed by atoms with van der Waals surface area (Å²) in [4.78, 5) is 87.3. The van der Waals surface area contributed by atoms with Gasteiger partial charge in [-0.2, -0.15) is 0 Å². The molecule has 0 spiro atoms. The van der Waals surface area contributed by atoms with E-state index in [0.29, 0.717) is 25.7 Å². The van der Waals surface area contributed by atoms with Crippen molar-refractivity contribution in [2.24, 2.45) is 23.7 Å². The Morgan fingerprint density at radius 3 is 2.15 bits per heavy atom. The number of hydrogen-bond donors (Lipinski definition) is 5. The molecule has 1 unspecified atom stereocenters. The van der Waals surface area contributed by atoms with Crippen LogP contribution in [0.3, 0.4) is 0 Å². The topological polar surface area (TPSA) is 207 Å². The number of aromatic nitrogens is 2. The van der Waals surface area contributed by atoms with Crippen LogP contribution >= 0.6 is 0 Å². The molecule has 0 radical (unpaired) electrons. The monoisotopic (exact) mass is 751 g/mol. The van der Waals surface area contributed by atoms with Crippen LogP contribution in [0.25, 0.3) is 0 Å². The summed E-state index contributed by atoms with van der Waals surface area (Å²) < 4.78 is 11.1. The minimum atomic E-state index is -0.985. The molecule has 1 saturated carbocycles. The van der Waals surface area contributed by atoms with Crippen molar-refractivity contribution in [2.75, 3.05) is 20.4 Å². The number of rotatable bonds is 21. The van der Waals surface area contributed by atoms with E-state index in [1.54, 1.807) is 34.6 Å². The van der Waals surface area contributed by atoms with Gasteiger partial charge < -0.3 is 36.1 Å². The van der Waals surface area contributed by atoms with Crippen molar-refractivity contribution < 1.29 is 38.2 Å². The number of hydrogen-bond acceptors (Lipinski definition) is 10. The number of carbonyl (C=O) groups excluding carboxylic acids is 6. The minimum Gasteiger partial charge on any atom is -0.359 e. The van der Waals surface area contributed by atoms with Gasteiger partial charge in [-0.25, -0.2) is 4.98 Å². The van der Waals surface area contributed by atoms with Crippen molar-refractivity contribution in [1.82, 2.24) is 36.6 Å². The van der Waals surface area contributed by atoms with Crippen LogP contribution in [0, 0.1) is 23.7 Å². The summed E-state index contributed by atoms with van der Waals surface area (Å²) in [5.41, 5.74) is 0.912. The molecular formula is C39H57N7O8. The lowest BCUT2D eigenvalue weighted by Crippen LogP contribution is -2.57. The molecule has 296 valence electrons. The fraction of sp³-hybridized carbons (Fsp3) is 0.590. The zero-order valence-corrected chi connectivity index (χ0v) is 32.4. The average Bonchev–Trinajstić information content (AvgIpc) is 3.53. The maximum atomic E-state index is 13.6. The van der Waals surface area contributed by atoms with E-state index in [1.165, 1.54) is 25.7 Å². The Morgan fingerprint density at radius 2 is 1.54 bits per heavy atom. The second-order valence-electron chi connectivity index (χ2n) is 14.5. The molecule has 5 amide bonds. The molecule has 15 nitrogen and oxygen atoms in total. The van der Waals surface area contributed by atoms with E-state index in [9.17, 15) is 28.8 Å². The minimum absolute atomic E-state index is 0.0270. The van der Waals surface area contributed by atoms with E-state index in [4.69, 9.17) is 9.47 Å². The average molecular weight is 752 g/mol. The normalized spacial score (nSPS) is 18.9. The Balaban J connectivity index is 1.65. The molecule has 0 saturated heterocycles. The quantitative estimate of drug-likeness (QED) is 0.0931. The van der Waals surface area contributed by atoms with Crippen LogP contribution in [0.2, 0.25) is 0 Å². The van der Waals surface area contributed by atoms with E-state index in [-0.39, 0.29) is 61.1 Å².